The van der Waals surface area contributed by atoms with E-state index in [2.05, 4.69) is 10.6 Å². The summed E-state index contributed by atoms with van der Waals surface area (Å²) in [7, 11) is 2.88. The van der Waals surface area contributed by atoms with Crippen LogP contribution in [0.15, 0.2) is 29.6 Å². The molecule has 0 aliphatic heterocycles. The molecule has 0 aliphatic rings. The number of benzene rings is 1. The number of carbonyl (C=O) groups excluding carboxylic acids is 3. The van der Waals surface area contributed by atoms with Crippen LogP contribution in [-0.4, -0.2) is 44.1 Å². The largest absolute Gasteiger partial charge is 0.493 e. The van der Waals surface area contributed by atoms with Gasteiger partial charge in [0.1, 0.15) is 0 Å². The first-order chi connectivity index (χ1) is 14.7. The van der Waals surface area contributed by atoms with Crippen molar-refractivity contribution in [2.75, 3.05) is 26.1 Å². The Morgan fingerprint density at radius 3 is 2.32 bits per heavy atom. The second-order valence-electron chi connectivity index (χ2n) is 7.42. The van der Waals surface area contributed by atoms with E-state index in [1.54, 1.807) is 0 Å². The Kier molecular flexibility index (Phi) is 8.44. The molecule has 0 saturated carbocycles. The van der Waals surface area contributed by atoms with Crippen molar-refractivity contribution in [3.63, 3.8) is 0 Å². The summed E-state index contributed by atoms with van der Waals surface area (Å²) in [5, 5.41) is 7.40. The standard InChI is InChI=1S/C22H28N2O6S/c1-6-22(2,3)24-20(26)13-30-21(27)15-11-17(28-4)18(29-5)12-16(15)23-19(25)10-14-8-7-9-31-14/h7-9,11-12H,6,10,13H2,1-5H3,(H,23,25)(H,24,26). The second kappa shape index (κ2) is 10.8. The first-order valence-electron chi connectivity index (χ1n) is 9.75. The van der Waals surface area contributed by atoms with Gasteiger partial charge in [0.15, 0.2) is 18.1 Å². The van der Waals surface area contributed by atoms with Gasteiger partial charge in [-0.15, -0.1) is 11.3 Å². The molecule has 2 N–H and O–H groups in total. The minimum atomic E-state index is -0.767. The van der Waals surface area contributed by atoms with Gasteiger partial charge in [0.2, 0.25) is 5.91 Å². The highest BCUT2D eigenvalue weighted by atomic mass is 32.1. The summed E-state index contributed by atoms with van der Waals surface area (Å²) in [6.07, 6.45) is 0.887. The molecule has 1 aromatic heterocycles. The quantitative estimate of drug-likeness (QED) is 0.540. The Hall–Kier alpha value is -3.07. The van der Waals surface area contributed by atoms with E-state index in [9.17, 15) is 14.4 Å². The third kappa shape index (κ3) is 6.99. The zero-order chi connectivity index (χ0) is 23.0. The summed E-state index contributed by atoms with van der Waals surface area (Å²) < 4.78 is 15.7. The molecule has 2 rings (SSSR count). The molecule has 168 valence electrons. The van der Waals surface area contributed by atoms with Gasteiger partial charge in [0, 0.05) is 22.5 Å². The molecule has 2 amide bonds. The number of esters is 1. The highest BCUT2D eigenvalue weighted by Crippen LogP contribution is 2.34. The number of anilines is 1. The van der Waals surface area contributed by atoms with Crippen LogP contribution < -0.4 is 20.1 Å². The smallest absolute Gasteiger partial charge is 0.340 e. The first-order valence-corrected chi connectivity index (χ1v) is 10.6. The number of hydrogen-bond acceptors (Lipinski definition) is 7. The Balaban J connectivity index is 2.19. The molecule has 0 bridgehead atoms. The van der Waals surface area contributed by atoms with E-state index in [1.165, 1.54) is 37.7 Å². The highest BCUT2D eigenvalue weighted by Gasteiger charge is 2.22. The van der Waals surface area contributed by atoms with Crippen LogP contribution in [0.4, 0.5) is 5.69 Å². The zero-order valence-corrected chi connectivity index (χ0v) is 19.2. The predicted molar refractivity (Wildman–Crippen MR) is 119 cm³/mol. The number of thiophene rings is 1. The SMILES string of the molecule is CCC(C)(C)NC(=O)COC(=O)c1cc(OC)c(OC)cc1NC(=O)Cc1cccs1. The zero-order valence-electron chi connectivity index (χ0n) is 18.4. The van der Waals surface area contributed by atoms with E-state index in [1.807, 2.05) is 38.3 Å². The minimum Gasteiger partial charge on any atom is -0.493 e. The van der Waals surface area contributed by atoms with E-state index in [0.29, 0.717) is 11.5 Å². The number of rotatable bonds is 10. The number of methoxy groups -OCH3 is 2. The fourth-order valence-electron chi connectivity index (χ4n) is 2.63. The molecule has 0 spiro atoms. The van der Waals surface area contributed by atoms with Crippen LogP contribution in [0.3, 0.4) is 0 Å². The molecule has 0 fully saturated rings. The molecule has 0 saturated heterocycles. The van der Waals surface area contributed by atoms with Gasteiger partial charge in [-0.1, -0.05) is 13.0 Å². The number of ether oxygens (including phenoxy) is 3. The summed E-state index contributed by atoms with van der Waals surface area (Å²) in [6, 6.07) is 6.61. The normalized spacial score (nSPS) is 10.9. The van der Waals surface area contributed by atoms with Gasteiger partial charge in [-0.05, 0) is 31.7 Å². The van der Waals surface area contributed by atoms with Crippen molar-refractivity contribution in [3.8, 4) is 11.5 Å². The molecular weight excluding hydrogens is 420 g/mol. The highest BCUT2D eigenvalue weighted by molar-refractivity contribution is 7.10. The lowest BCUT2D eigenvalue weighted by Crippen LogP contribution is -2.44. The summed E-state index contributed by atoms with van der Waals surface area (Å²) >= 11 is 1.46. The molecule has 0 unspecified atom stereocenters. The fraction of sp³-hybridized carbons (Fsp3) is 0.409. The van der Waals surface area contributed by atoms with Crippen LogP contribution in [0.1, 0.15) is 42.4 Å². The molecule has 9 heteroatoms. The van der Waals surface area contributed by atoms with Crippen molar-refractivity contribution < 1.29 is 28.6 Å². The van der Waals surface area contributed by atoms with Gasteiger partial charge in [-0.2, -0.15) is 0 Å². The molecule has 1 aromatic carbocycles. The lowest BCUT2D eigenvalue weighted by atomic mass is 10.0. The Bertz CT molecular complexity index is 924. The van der Waals surface area contributed by atoms with Crippen molar-refractivity contribution >= 4 is 34.8 Å². The lowest BCUT2D eigenvalue weighted by molar-refractivity contribution is -0.125. The van der Waals surface area contributed by atoms with Crippen LogP contribution in [-0.2, 0) is 20.7 Å². The van der Waals surface area contributed by atoms with E-state index in [-0.39, 0.29) is 23.6 Å². The Morgan fingerprint density at radius 1 is 1.06 bits per heavy atom. The average molecular weight is 449 g/mol. The van der Waals surface area contributed by atoms with Crippen LogP contribution in [0, 0.1) is 0 Å². The van der Waals surface area contributed by atoms with Crippen LogP contribution in [0.25, 0.3) is 0 Å². The topological polar surface area (TPSA) is 103 Å². The monoisotopic (exact) mass is 448 g/mol. The molecule has 2 aromatic rings. The van der Waals surface area contributed by atoms with Gasteiger partial charge < -0.3 is 24.8 Å². The van der Waals surface area contributed by atoms with Crippen molar-refractivity contribution in [1.82, 2.24) is 5.32 Å². The molecule has 1 heterocycles. The number of nitrogens with one attached hydrogen (secondary N) is 2. The van der Waals surface area contributed by atoms with E-state index >= 15 is 0 Å². The van der Waals surface area contributed by atoms with Gasteiger partial charge >= 0.3 is 5.97 Å². The number of amides is 2. The third-order valence-corrected chi connectivity index (χ3v) is 5.51. The maximum Gasteiger partial charge on any atom is 0.340 e. The van der Waals surface area contributed by atoms with E-state index < -0.39 is 24.0 Å². The Labute approximate surface area is 185 Å². The predicted octanol–water partition coefficient (Wildman–Crippen LogP) is 3.41. The average Bonchev–Trinajstić information content (AvgIpc) is 3.24. The minimum absolute atomic E-state index is 0.0553. The second-order valence-corrected chi connectivity index (χ2v) is 8.45. The molecule has 8 nitrogen and oxygen atoms in total. The van der Waals surface area contributed by atoms with Gasteiger partial charge in [-0.3, -0.25) is 9.59 Å². The number of carbonyl (C=O) groups is 3. The van der Waals surface area contributed by atoms with Crippen molar-refractivity contribution in [2.24, 2.45) is 0 Å². The van der Waals surface area contributed by atoms with Crippen LogP contribution >= 0.6 is 11.3 Å². The van der Waals surface area contributed by atoms with E-state index in [4.69, 9.17) is 14.2 Å². The number of hydrogen-bond donors (Lipinski definition) is 2. The van der Waals surface area contributed by atoms with E-state index in [0.717, 1.165) is 11.3 Å². The molecule has 31 heavy (non-hydrogen) atoms. The first kappa shape index (κ1) is 24.2. The van der Waals surface area contributed by atoms with Gasteiger partial charge in [0.05, 0.1) is 31.9 Å². The summed E-state index contributed by atoms with van der Waals surface area (Å²) in [5.41, 5.74) is -0.147. The van der Waals surface area contributed by atoms with Gasteiger partial charge in [0.25, 0.3) is 5.91 Å². The van der Waals surface area contributed by atoms with Crippen molar-refractivity contribution in [3.05, 3.63) is 40.1 Å². The van der Waals surface area contributed by atoms with Crippen LogP contribution in [0.2, 0.25) is 0 Å². The maximum atomic E-state index is 12.7. The molecule has 0 aliphatic carbocycles. The molecule has 0 radical (unpaired) electrons. The van der Waals surface area contributed by atoms with Crippen molar-refractivity contribution in [1.29, 1.82) is 0 Å². The van der Waals surface area contributed by atoms with Crippen LogP contribution in [0.5, 0.6) is 11.5 Å². The fourth-order valence-corrected chi connectivity index (χ4v) is 3.33. The maximum absolute atomic E-state index is 12.7. The van der Waals surface area contributed by atoms with Crippen molar-refractivity contribution in [2.45, 2.75) is 39.2 Å². The summed E-state index contributed by atoms with van der Waals surface area (Å²) in [6.45, 7) is 5.25. The lowest BCUT2D eigenvalue weighted by Gasteiger charge is -2.24. The summed E-state index contributed by atoms with van der Waals surface area (Å²) in [4.78, 5) is 38.2. The Morgan fingerprint density at radius 2 is 1.74 bits per heavy atom. The summed E-state index contributed by atoms with van der Waals surface area (Å²) in [5.74, 6) is -0.845. The molecule has 0 atom stereocenters. The third-order valence-electron chi connectivity index (χ3n) is 4.63. The van der Waals surface area contributed by atoms with Gasteiger partial charge in [-0.25, -0.2) is 4.79 Å². The molecular formula is C22H28N2O6S.